The van der Waals surface area contributed by atoms with Crippen molar-refractivity contribution in [2.24, 2.45) is 0 Å². The fourth-order valence-corrected chi connectivity index (χ4v) is 4.21. The Kier molecular flexibility index (Phi) is 8.49. The summed E-state index contributed by atoms with van der Waals surface area (Å²) in [4.78, 5) is 38.3. The van der Waals surface area contributed by atoms with Crippen LogP contribution in [0.3, 0.4) is 0 Å². The van der Waals surface area contributed by atoms with Gasteiger partial charge in [0.2, 0.25) is 0 Å². The Hall–Kier alpha value is -2.88. The highest BCUT2D eigenvalue weighted by Gasteiger charge is 2.34. The third-order valence-electron chi connectivity index (χ3n) is 4.49. The van der Waals surface area contributed by atoms with Gasteiger partial charge in [-0.1, -0.05) is 29.3 Å². The van der Waals surface area contributed by atoms with Gasteiger partial charge in [-0.05, 0) is 53.7 Å². The first-order chi connectivity index (χ1) is 15.8. The van der Waals surface area contributed by atoms with Crippen LogP contribution >= 0.6 is 35.0 Å². The number of nitrogens with zero attached hydrogens (tertiary/aromatic N) is 1. The number of imide groups is 1. The second kappa shape index (κ2) is 11.3. The zero-order valence-corrected chi connectivity index (χ0v) is 20.1. The van der Waals surface area contributed by atoms with Gasteiger partial charge in [0.15, 0.2) is 18.1 Å². The molecule has 33 heavy (non-hydrogen) atoms. The van der Waals surface area contributed by atoms with Crippen molar-refractivity contribution in [3.63, 3.8) is 0 Å². The predicted octanol–water partition coefficient (Wildman–Crippen LogP) is 4.24. The smallest absolute Gasteiger partial charge is 0.293 e. The summed E-state index contributed by atoms with van der Waals surface area (Å²) >= 11 is 12.6. The molecule has 1 aliphatic rings. The van der Waals surface area contributed by atoms with Gasteiger partial charge in [-0.15, -0.1) is 0 Å². The molecular formula is C22H20Cl2N2O6S. The molecule has 0 atom stereocenters. The van der Waals surface area contributed by atoms with E-state index in [1.165, 1.54) is 20.3 Å². The maximum atomic E-state index is 12.6. The number of thioether (sulfide) groups is 1. The van der Waals surface area contributed by atoms with E-state index in [-0.39, 0.29) is 29.6 Å². The lowest BCUT2D eigenvalue weighted by molar-refractivity contribution is -0.125. The molecule has 3 amide bonds. The van der Waals surface area contributed by atoms with Crippen LogP contribution in [0.25, 0.3) is 6.08 Å². The topological polar surface area (TPSA) is 94.2 Å². The third kappa shape index (κ3) is 6.34. The molecule has 2 aromatic carbocycles. The molecule has 11 heteroatoms. The van der Waals surface area contributed by atoms with Crippen LogP contribution in [0.5, 0.6) is 17.2 Å². The van der Waals surface area contributed by atoms with E-state index in [4.69, 9.17) is 37.4 Å². The Balaban J connectivity index is 1.52. The number of hydrogen-bond acceptors (Lipinski definition) is 7. The van der Waals surface area contributed by atoms with Crippen molar-refractivity contribution in [2.75, 3.05) is 33.9 Å². The van der Waals surface area contributed by atoms with Crippen LogP contribution < -0.4 is 19.5 Å². The van der Waals surface area contributed by atoms with E-state index < -0.39 is 17.1 Å². The number of nitrogens with one attached hydrogen (secondary N) is 1. The average molecular weight is 511 g/mol. The highest BCUT2D eigenvalue weighted by molar-refractivity contribution is 8.18. The summed E-state index contributed by atoms with van der Waals surface area (Å²) in [5.74, 6) is 0.533. The molecule has 0 aromatic heterocycles. The van der Waals surface area contributed by atoms with E-state index in [1.807, 2.05) is 0 Å². The van der Waals surface area contributed by atoms with Crippen molar-refractivity contribution in [1.29, 1.82) is 0 Å². The van der Waals surface area contributed by atoms with E-state index >= 15 is 0 Å². The summed E-state index contributed by atoms with van der Waals surface area (Å²) < 4.78 is 15.8. The van der Waals surface area contributed by atoms with Crippen molar-refractivity contribution in [2.45, 2.75) is 0 Å². The molecule has 0 saturated carbocycles. The molecule has 2 aromatic rings. The van der Waals surface area contributed by atoms with E-state index in [9.17, 15) is 14.4 Å². The molecular weight excluding hydrogens is 491 g/mol. The molecule has 1 saturated heterocycles. The summed E-state index contributed by atoms with van der Waals surface area (Å²) in [6.45, 7) is -0.165. The molecule has 3 rings (SSSR count). The van der Waals surface area contributed by atoms with Crippen LogP contribution in [0.15, 0.2) is 41.3 Å². The lowest BCUT2D eigenvalue weighted by Crippen LogP contribution is -2.38. The molecule has 1 aliphatic heterocycles. The van der Waals surface area contributed by atoms with Crippen LogP contribution in [0.4, 0.5) is 4.79 Å². The fourth-order valence-electron chi connectivity index (χ4n) is 2.88. The minimum Gasteiger partial charge on any atom is -0.493 e. The minimum atomic E-state index is -0.432. The maximum Gasteiger partial charge on any atom is 0.293 e. The second-order valence-electron chi connectivity index (χ2n) is 6.66. The van der Waals surface area contributed by atoms with Crippen LogP contribution in [-0.2, 0) is 9.59 Å². The van der Waals surface area contributed by atoms with Gasteiger partial charge in [0, 0.05) is 18.1 Å². The lowest BCUT2D eigenvalue weighted by atomic mass is 10.2. The van der Waals surface area contributed by atoms with E-state index in [2.05, 4.69) is 5.32 Å². The number of rotatable bonds is 9. The number of amides is 3. The molecule has 1 fully saturated rings. The van der Waals surface area contributed by atoms with Crippen molar-refractivity contribution in [3.05, 3.63) is 56.9 Å². The normalized spacial score (nSPS) is 14.5. The zero-order chi connectivity index (χ0) is 24.0. The van der Waals surface area contributed by atoms with Crippen molar-refractivity contribution in [3.8, 4) is 17.2 Å². The highest BCUT2D eigenvalue weighted by atomic mass is 35.5. The summed E-state index contributed by atoms with van der Waals surface area (Å²) in [6.07, 6.45) is 1.61. The van der Waals surface area contributed by atoms with Crippen LogP contribution in [0.1, 0.15) is 5.56 Å². The molecule has 0 bridgehead atoms. The van der Waals surface area contributed by atoms with E-state index in [0.717, 1.165) is 16.7 Å². The quantitative estimate of drug-likeness (QED) is 0.504. The number of hydrogen-bond donors (Lipinski definition) is 1. The average Bonchev–Trinajstić information content (AvgIpc) is 3.05. The number of methoxy groups -OCH3 is 2. The Labute approximate surface area is 204 Å². The highest BCUT2D eigenvalue weighted by Crippen LogP contribution is 2.34. The lowest BCUT2D eigenvalue weighted by Gasteiger charge is -2.13. The van der Waals surface area contributed by atoms with Crippen molar-refractivity contribution < 1.29 is 28.6 Å². The van der Waals surface area contributed by atoms with Gasteiger partial charge in [-0.3, -0.25) is 19.3 Å². The predicted molar refractivity (Wildman–Crippen MR) is 127 cm³/mol. The standard InChI is InChI=1S/C22H20Cl2N2O6S/c1-30-17-5-3-13(9-18(17)31-2)10-19-21(28)26(22(29)33-19)8-7-25-20(27)12-32-16-6-4-14(23)11-15(16)24/h3-6,9-11H,7-8,12H2,1-2H3,(H,25,27). The van der Waals surface area contributed by atoms with Crippen molar-refractivity contribution in [1.82, 2.24) is 10.2 Å². The van der Waals surface area contributed by atoms with Gasteiger partial charge < -0.3 is 19.5 Å². The first-order valence-corrected chi connectivity index (χ1v) is 11.2. The number of carbonyl (C=O) groups excluding carboxylic acids is 3. The van der Waals surface area contributed by atoms with E-state index in [1.54, 1.807) is 36.4 Å². The van der Waals surface area contributed by atoms with Gasteiger partial charge in [-0.25, -0.2) is 0 Å². The Morgan fingerprint density at radius 1 is 1.06 bits per heavy atom. The molecule has 0 radical (unpaired) electrons. The summed E-state index contributed by atoms with van der Waals surface area (Å²) in [5, 5.41) is 2.93. The molecule has 1 N–H and O–H groups in total. The molecule has 0 aliphatic carbocycles. The molecule has 0 spiro atoms. The number of carbonyl (C=O) groups is 3. The Bertz CT molecular complexity index is 1110. The van der Waals surface area contributed by atoms with Crippen LogP contribution in [0, 0.1) is 0 Å². The monoisotopic (exact) mass is 510 g/mol. The Morgan fingerprint density at radius 3 is 2.48 bits per heavy atom. The molecule has 1 heterocycles. The first-order valence-electron chi connectivity index (χ1n) is 9.64. The summed E-state index contributed by atoms with van der Waals surface area (Å²) in [7, 11) is 3.04. The SMILES string of the molecule is COc1ccc(C=C2SC(=O)N(CCNC(=O)COc3ccc(Cl)cc3Cl)C2=O)cc1OC. The molecule has 0 unspecified atom stereocenters. The second-order valence-corrected chi connectivity index (χ2v) is 8.50. The molecule has 174 valence electrons. The van der Waals surface area contributed by atoms with Crippen LogP contribution in [0.2, 0.25) is 10.0 Å². The minimum absolute atomic E-state index is 0.0291. The van der Waals surface area contributed by atoms with Gasteiger partial charge in [0.1, 0.15) is 5.75 Å². The fraction of sp³-hybridized carbons (Fsp3) is 0.227. The summed E-state index contributed by atoms with van der Waals surface area (Å²) in [6, 6.07) is 9.83. The number of benzene rings is 2. The summed E-state index contributed by atoms with van der Waals surface area (Å²) in [5.41, 5.74) is 0.685. The van der Waals surface area contributed by atoms with E-state index in [0.29, 0.717) is 27.8 Å². The third-order valence-corrected chi connectivity index (χ3v) is 5.93. The largest absolute Gasteiger partial charge is 0.493 e. The van der Waals surface area contributed by atoms with Crippen LogP contribution in [-0.4, -0.2) is 55.9 Å². The number of ether oxygens (including phenoxy) is 3. The number of halogens is 2. The van der Waals surface area contributed by atoms with Gasteiger partial charge in [0.25, 0.3) is 17.1 Å². The molecule has 8 nitrogen and oxygen atoms in total. The van der Waals surface area contributed by atoms with Gasteiger partial charge >= 0.3 is 0 Å². The van der Waals surface area contributed by atoms with Gasteiger partial charge in [0.05, 0.1) is 24.1 Å². The maximum absolute atomic E-state index is 12.6. The Morgan fingerprint density at radius 2 is 1.79 bits per heavy atom. The van der Waals surface area contributed by atoms with Gasteiger partial charge in [-0.2, -0.15) is 0 Å². The first kappa shape index (κ1) is 24.8. The van der Waals surface area contributed by atoms with Crippen molar-refractivity contribution >= 4 is 58.1 Å². The zero-order valence-electron chi connectivity index (χ0n) is 17.7.